The second-order valence-corrected chi connectivity index (χ2v) is 9.10. The average Bonchev–Trinajstić information content (AvgIpc) is 3.30. The first kappa shape index (κ1) is 24.9. The number of H-pyrrole nitrogens is 1. The molecule has 0 spiro atoms. The summed E-state index contributed by atoms with van der Waals surface area (Å²) in [6, 6.07) is 12.4. The van der Waals surface area contributed by atoms with Crippen molar-refractivity contribution < 1.29 is 14.3 Å². The molecule has 2 N–H and O–H groups in total. The van der Waals surface area contributed by atoms with Crippen molar-refractivity contribution >= 4 is 34.2 Å². The summed E-state index contributed by atoms with van der Waals surface area (Å²) in [6.45, 7) is 4.75. The maximum atomic E-state index is 13.4. The van der Waals surface area contributed by atoms with Crippen LogP contribution in [0.5, 0.6) is 11.5 Å². The highest BCUT2D eigenvalue weighted by molar-refractivity contribution is 6.30. The number of fused-ring (bicyclic) bond motifs is 1. The van der Waals surface area contributed by atoms with Crippen molar-refractivity contribution in [2.45, 2.75) is 32.4 Å². The summed E-state index contributed by atoms with van der Waals surface area (Å²) in [5.74, 6) is 1.10. The number of likely N-dealkylation sites (tertiary alicyclic amines) is 1. The van der Waals surface area contributed by atoms with Gasteiger partial charge in [-0.2, -0.15) is 0 Å². The lowest BCUT2D eigenvalue weighted by Crippen LogP contribution is -2.45. The SMILES string of the molecule is CCN1CCC[C@@H]1CN(Cc1cc2cc(OC)c(OC)cc2[nH]c1=O)C(=O)Nc1cccc(Cl)c1. The smallest absolute Gasteiger partial charge is 0.322 e. The summed E-state index contributed by atoms with van der Waals surface area (Å²) in [4.78, 5) is 33.4. The van der Waals surface area contributed by atoms with Crippen LogP contribution in [0.1, 0.15) is 25.3 Å². The fourth-order valence-corrected chi connectivity index (χ4v) is 4.85. The third-order valence-corrected chi connectivity index (χ3v) is 6.72. The summed E-state index contributed by atoms with van der Waals surface area (Å²) in [5, 5.41) is 4.27. The molecule has 8 nitrogen and oxygen atoms in total. The molecule has 1 aliphatic rings. The van der Waals surface area contributed by atoms with Crippen molar-refractivity contribution in [2.75, 3.05) is 39.2 Å². The normalized spacial score (nSPS) is 15.8. The molecule has 0 radical (unpaired) electrons. The molecule has 9 heteroatoms. The van der Waals surface area contributed by atoms with E-state index in [1.54, 1.807) is 49.5 Å². The largest absolute Gasteiger partial charge is 0.493 e. The Morgan fingerprint density at radius 2 is 1.97 bits per heavy atom. The van der Waals surface area contributed by atoms with Crippen molar-refractivity contribution in [1.82, 2.24) is 14.8 Å². The van der Waals surface area contributed by atoms with Crippen molar-refractivity contribution in [3.63, 3.8) is 0 Å². The quantitative estimate of drug-likeness (QED) is 0.469. The Kier molecular flexibility index (Phi) is 7.83. The highest BCUT2D eigenvalue weighted by atomic mass is 35.5. The number of nitrogens with one attached hydrogen (secondary N) is 2. The minimum absolute atomic E-state index is 0.167. The van der Waals surface area contributed by atoms with Gasteiger partial charge in [0, 0.05) is 40.3 Å². The second-order valence-electron chi connectivity index (χ2n) is 8.66. The number of benzene rings is 2. The number of urea groups is 1. The van der Waals surface area contributed by atoms with Crippen LogP contribution in [-0.2, 0) is 6.54 Å². The summed E-state index contributed by atoms with van der Waals surface area (Å²) in [7, 11) is 3.12. The number of amides is 2. The van der Waals surface area contributed by atoms with Crippen LogP contribution in [0.15, 0.2) is 47.3 Å². The van der Waals surface area contributed by atoms with Gasteiger partial charge in [0.25, 0.3) is 5.56 Å². The third kappa shape index (κ3) is 5.71. The predicted molar refractivity (Wildman–Crippen MR) is 139 cm³/mol. The van der Waals surface area contributed by atoms with E-state index in [2.05, 4.69) is 22.1 Å². The molecule has 1 saturated heterocycles. The zero-order valence-electron chi connectivity index (χ0n) is 20.3. The Bertz CT molecular complexity index is 1260. The number of nitrogens with zero attached hydrogens (tertiary/aromatic N) is 2. The van der Waals surface area contributed by atoms with Crippen molar-refractivity contribution in [2.24, 2.45) is 0 Å². The summed E-state index contributed by atoms with van der Waals surface area (Å²) < 4.78 is 10.8. The highest BCUT2D eigenvalue weighted by Crippen LogP contribution is 2.31. The monoisotopic (exact) mass is 498 g/mol. The van der Waals surface area contributed by atoms with Crippen LogP contribution >= 0.6 is 11.6 Å². The van der Waals surface area contributed by atoms with Gasteiger partial charge in [0.1, 0.15) is 0 Å². The number of carbonyl (C=O) groups excluding carboxylic acids is 1. The molecule has 1 aliphatic heterocycles. The molecule has 0 bridgehead atoms. The van der Waals surface area contributed by atoms with Crippen molar-refractivity contribution in [1.29, 1.82) is 0 Å². The number of pyridine rings is 1. The minimum atomic E-state index is -0.276. The Hall–Kier alpha value is -3.23. The predicted octanol–water partition coefficient (Wildman–Crippen LogP) is 4.72. The Morgan fingerprint density at radius 1 is 1.20 bits per heavy atom. The number of aromatic amines is 1. The summed E-state index contributed by atoms with van der Waals surface area (Å²) in [5.41, 5.74) is 1.49. The number of ether oxygens (including phenoxy) is 2. The number of likely N-dealkylation sites (N-methyl/N-ethyl adjacent to an activating group) is 1. The Balaban J connectivity index is 1.65. The molecule has 0 saturated carbocycles. The van der Waals surface area contributed by atoms with E-state index in [-0.39, 0.29) is 24.2 Å². The van der Waals surface area contributed by atoms with Crippen LogP contribution in [-0.4, -0.2) is 60.7 Å². The number of carbonyl (C=O) groups is 1. The zero-order valence-corrected chi connectivity index (χ0v) is 21.0. The molecular weight excluding hydrogens is 468 g/mol. The number of anilines is 1. The topological polar surface area (TPSA) is 86.9 Å². The number of methoxy groups -OCH3 is 2. The van der Waals surface area contributed by atoms with Crippen LogP contribution in [0.25, 0.3) is 10.9 Å². The maximum absolute atomic E-state index is 13.4. The Labute approximate surface area is 209 Å². The third-order valence-electron chi connectivity index (χ3n) is 6.49. The van der Waals surface area contributed by atoms with Gasteiger partial charge in [-0.3, -0.25) is 9.69 Å². The first-order valence-electron chi connectivity index (χ1n) is 11.7. The van der Waals surface area contributed by atoms with E-state index in [1.807, 2.05) is 12.1 Å². The number of hydrogen-bond acceptors (Lipinski definition) is 5. The van der Waals surface area contributed by atoms with Gasteiger partial charge >= 0.3 is 6.03 Å². The van der Waals surface area contributed by atoms with Gasteiger partial charge in [-0.1, -0.05) is 24.6 Å². The molecular formula is C26H31ClN4O4. The van der Waals surface area contributed by atoms with E-state index in [0.717, 1.165) is 31.3 Å². The molecule has 1 aromatic heterocycles. The second kappa shape index (κ2) is 11.0. The van der Waals surface area contributed by atoms with Crippen LogP contribution < -0.4 is 20.3 Å². The molecule has 0 aliphatic carbocycles. The first-order chi connectivity index (χ1) is 16.9. The molecule has 2 heterocycles. The van der Waals surface area contributed by atoms with Gasteiger partial charge in [0.15, 0.2) is 11.5 Å². The lowest BCUT2D eigenvalue weighted by Gasteiger charge is -2.30. The molecule has 0 unspecified atom stereocenters. The van der Waals surface area contributed by atoms with Crippen molar-refractivity contribution in [3.8, 4) is 11.5 Å². The molecule has 2 aromatic carbocycles. The lowest BCUT2D eigenvalue weighted by atomic mass is 10.1. The summed E-state index contributed by atoms with van der Waals surface area (Å²) in [6.07, 6.45) is 2.11. The zero-order chi connectivity index (χ0) is 24.9. The molecule has 1 atom stereocenters. The van der Waals surface area contributed by atoms with Gasteiger partial charge in [-0.05, 0) is 56.3 Å². The van der Waals surface area contributed by atoms with E-state index in [1.165, 1.54) is 0 Å². The highest BCUT2D eigenvalue weighted by Gasteiger charge is 2.28. The Morgan fingerprint density at radius 3 is 2.69 bits per heavy atom. The van der Waals surface area contributed by atoms with Crippen LogP contribution in [0.2, 0.25) is 5.02 Å². The van der Waals surface area contributed by atoms with E-state index in [4.69, 9.17) is 21.1 Å². The van der Waals surface area contributed by atoms with Crippen molar-refractivity contribution in [3.05, 3.63) is 63.4 Å². The standard InChI is InChI=1S/C26H31ClN4O4/c1-4-30-10-6-9-21(30)16-31(26(33)28-20-8-5-7-19(27)13-20)15-18-11-17-12-23(34-2)24(35-3)14-22(17)29-25(18)32/h5,7-8,11-14,21H,4,6,9-10,15-16H2,1-3H3,(H,28,33)(H,29,32)/t21-/m1/s1. The average molecular weight is 499 g/mol. The number of hydrogen-bond donors (Lipinski definition) is 2. The number of rotatable bonds is 8. The van der Waals surface area contributed by atoms with Crippen LogP contribution in [0.4, 0.5) is 10.5 Å². The molecule has 1 fully saturated rings. The lowest BCUT2D eigenvalue weighted by molar-refractivity contribution is 0.174. The van der Waals surface area contributed by atoms with E-state index >= 15 is 0 Å². The molecule has 186 valence electrons. The van der Waals surface area contributed by atoms with Crippen LogP contribution in [0.3, 0.4) is 0 Å². The van der Waals surface area contributed by atoms with E-state index < -0.39 is 0 Å². The molecule has 3 aromatic rings. The first-order valence-corrected chi connectivity index (χ1v) is 12.1. The van der Waals surface area contributed by atoms with Gasteiger partial charge in [0.05, 0.1) is 26.3 Å². The van der Waals surface area contributed by atoms with Gasteiger partial charge in [-0.25, -0.2) is 4.79 Å². The fraction of sp³-hybridized carbons (Fsp3) is 0.385. The van der Waals surface area contributed by atoms with Gasteiger partial charge in [-0.15, -0.1) is 0 Å². The molecule has 35 heavy (non-hydrogen) atoms. The minimum Gasteiger partial charge on any atom is -0.493 e. The van der Waals surface area contributed by atoms with Gasteiger partial charge in [0.2, 0.25) is 0 Å². The number of halogens is 1. The van der Waals surface area contributed by atoms with E-state index in [9.17, 15) is 9.59 Å². The molecule has 4 rings (SSSR count). The maximum Gasteiger partial charge on any atom is 0.322 e. The van der Waals surface area contributed by atoms with Crippen LogP contribution in [0, 0.1) is 0 Å². The van der Waals surface area contributed by atoms with E-state index in [0.29, 0.717) is 39.8 Å². The molecule has 2 amide bonds. The number of aromatic nitrogens is 1. The summed E-state index contributed by atoms with van der Waals surface area (Å²) >= 11 is 6.10. The fourth-order valence-electron chi connectivity index (χ4n) is 4.66. The van der Waals surface area contributed by atoms with Gasteiger partial charge < -0.3 is 24.7 Å².